The van der Waals surface area contributed by atoms with Crippen LogP contribution in [0.25, 0.3) is 0 Å². The van der Waals surface area contributed by atoms with Crippen molar-refractivity contribution in [2.75, 3.05) is 6.54 Å². The summed E-state index contributed by atoms with van der Waals surface area (Å²) in [6, 6.07) is 8.66. The minimum absolute atomic E-state index is 0.0751. The lowest BCUT2D eigenvalue weighted by molar-refractivity contribution is -0.145. The molecule has 8 heteroatoms. The molecule has 2 heterocycles. The molecule has 1 aromatic carbocycles. The van der Waals surface area contributed by atoms with Crippen molar-refractivity contribution < 1.29 is 22.4 Å². The van der Waals surface area contributed by atoms with Gasteiger partial charge in [0.1, 0.15) is 11.9 Å². The third-order valence-electron chi connectivity index (χ3n) is 4.47. The predicted octanol–water partition coefficient (Wildman–Crippen LogP) is 3.64. The van der Waals surface area contributed by atoms with Gasteiger partial charge in [-0.15, -0.1) is 0 Å². The van der Waals surface area contributed by atoms with E-state index in [0.717, 1.165) is 11.1 Å². The number of halogens is 4. The van der Waals surface area contributed by atoms with Gasteiger partial charge in [-0.3, -0.25) is 4.79 Å². The van der Waals surface area contributed by atoms with Gasteiger partial charge >= 0.3 is 6.18 Å². The van der Waals surface area contributed by atoms with E-state index in [-0.39, 0.29) is 17.4 Å². The molecule has 1 saturated heterocycles. The summed E-state index contributed by atoms with van der Waals surface area (Å²) in [4.78, 5) is 18.8. The molecule has 0 radical (unpaired) electrons. The number of ketones is 1. The van der Waals surface area contributed by atoms with Crippen LogP contribution in [-0.2, 0) is 19.0 Å². The molecular formula is C20H19F4N3O. The summed E-state index contributed by atoms with van der Waals surface area (Å²) in [6.45, 7) is 1.78. The monoisotopic (exact) mass is 393 g/mol. The molecule has 4 nitrogen and oxygen atoms in total. The number of allylic oxidation sites excluding steroid dienone is 2. The lowest BCUT2D eigenvalue weighted by Crippen LogP contribution is -2.55. The average molecular weight is 393 g/mol. The van der Waals surface area contributed by atoms with E-state index in [0.29, 0.717) is 19.4 Å². The van der Waals surface area contributed by atoms with Gasteiger partial charge in [0.05, 0.1) is 0 Å². The van der Waals surface area contributed by atoms with E-state index in [2.05, 4.69) is 15.3 Å². The number of alkyl halides is 4. The Labute approximate surface area is 159 Å². The number of hydrogen-bond acceptors (Lipinski definition) is 4. The van der Waals surface area contributed by atoms with Crippen molar-refractivity contribution in [2.45, 2.75) is 38.2 Å². The maximum Gasteiger partial charge on any atom is 0.451 e. The smallest absolute Gasteiger partial charge is 0.308 e. The molecule has 0 saturated carbocycles. The zero-order valence-electron chi connectivity index (χ0n) is 15.1. The van der Waals surface area contributed by atoms with Crippen molar-refractivity contribution in [3.63, 3.8) is 0 Å². The van der Waals surface area contributed by atoms with Crippen LogP contribution in [-0.4, -0.2) is 34.5 Å². The molecule has 1 N–H and O–H groups in total. The van der Waals surface area contributed by atoms with Gasteiger partial charge in [0, 0.05) is 18.3 Å². The highest BCUT2D eigenvalue weighted by Gasteiger charge is 2.35. The van der Waals surface area contributed by atoms with Gasteiger partial charge in [-0.25, -0.2) is 14.4 Å². The van der Waals surface area contributed by atoms with Gasteiger partial charge in [-0.05, 0) is 43.0 Å². The third kappa shape index (κ3) is 5.01. The van der Waals surface area contributed by atoms with Crippen LogP contribution in [0.4, 0.5) is 17.6 Å². The molecule has 148 valence electrons. The van der Waals surface area contributed by atoms with E-state index >= 15 is 0 Å². The highest BCUT2D eigenvalue weighted by atomic mass is 19.4. The number of hydrogen-bond donors (Lipinski definition) is 1. The number of benzene rings is 1. The Kier molecular flexibility index (Phi) is 5.88. The first-order valence-electron chi connectivity index (χ1n) is 8.81. The third-order valence-corrected chi connectivity index (χ3v) is 4.47. The van der Waals surface area contributed by atoms with Crippen LogP contribution in [0.5, 0.6) is 0 Å². The number of aryl methyl sites for hydroxylation is 1. The van der Waals surface area contributed by atoms with Gasteiger partial charge in [0.2, 0.25) is 11.6 Å². The molecule has 0 aliphatic carbocycles. The second kappa shape index (κ2) is 8.18. The minimum Gasteiger partial charge on any atom is -0.308 e. The molecule has 2 atom stereocenters. The molecule has 28 heavy (non-hydrogen) atoms. The SMILES string of the molecule is Cc1cc(C(=O)/C=C/Cc2ccc(C[C@@H]3NC[C@@H]3F)cc2)nc(C(F)(F)F)n1. The molecule has 0 unspecified atom stereocenters. The highest BCUT2D eigenvalue weighted by Crippen LogP contribution is 2.26. The van der Waals surface area contributed by atoms with Crippen LogP contribution in [0.2, 0.25) is 0 Å². The molecule has 1 aromatic heterocycles. The Morgan fingerprint density at radius 3 is 2.46 bits per heavy atom. The summed E-state index contributed by atoms with van der Waals surface area (Å²) in [6.07, 6.45) is -1.67. The standard InChI is InChI=1S/C20H19F4N3O/c1-12-9-17(27-19(26-12)20(22,23)24)18(28)4-2-3-13-5-7-14(8-6-13)10-16-15(21)11-25-16/h2,4-9,15-16,25H,3,10-11H2,1H3/b4-2+/t15-,16-/m0/s1. The molecule has 0 spiro atoms. The first kappa shape index (κ1) is 20.1. The predicted molar refractivity (Wildman–Crippen MR) is 95.8 cm³/mol. The van der Waals surface area contributed by atoms with Crippen molar-refractivity contribution in [3.05, 3.63) is 70.8 Å². The Morgan fingerprint density at radius 1 is 1.21 bits per heavy atom. The zero-order chi connectivity index (χ0) is 20.3. The molecule has 0 amide bonds. The second-order valence-electron chi connectivity index (χ2n) is 6.74. The van der Waals surface area contributed by atoms with Crippen LogP contribution >= 0.6 is 0 Å². The van der Waals surface area contributed by atoms with Crippen molar-refractivity contribution in [1.82, 2.24) is 15.3 Å². The number of carbonyl (C=O) groups is 1. The lowest BCUT2D eigenvalue weighted by atomic mass is 9.95. The number of nitrogens with zero attached hydrogens (tertiary/aromatic N) is 2. The van der Waals surface area contributed by atoms with Crippen LogP contribution in [0.3, 0.4) is 0 Å². The van der Waals surface area contributed by atoms with Crippen LogP contribution in [0.1, 0.15) is 33.1 Å². The number of nitrogens with one attached hydrogen (secondary N) is 1. The fourth-order valence-electron chi connectivity index (χ4n) is 2.85. The van der Waals surface area contributed by atoms with E-state index in [4.69, 9.17) is 0 Å². The quantitative estimate of drug-likeness (QED) is 0.463. The van der Waals surface area contributed by atoms with Gasteiger partial charge in [-0.2, -0.15) is 13.2 Å². The summed E-state index contributed by atoms with van der Waals surface area (Å²) in [5, 5.41) is 3.03. The van der Waals surface area contributed by atoms with Gasteiger partial charge < -0.3 is 5.32 Å². The van der Waals surface area contributed by atoms with E-state index in [1.807, 2.05) is 24.3 Å². The number of aromatic nitrogens is 2. The van der Waals surface area contributed by atoms with Crippen molar-refractivity contribution >= 4 is 5.78 Å². The molecule has 1 aliphatic heterocycles. The molecule has 1 aliphatic rings. The summed E-state index contributed by atoms with van der Waals surface area (Å²) in [7, 11) is 0. The first-order chi connectivity index (χ1) is 13.2. The summed E-state index contributed by atoms with van der Waals surface area (Å²) in [5.74, 6) is -1.94. The Hall–Kier alpha value is -2.61. The fourth-order valence-corrected chi connectivity index (χ4v) is 2.85. The average Bonchev–Trinajstić information content (AvgIpc) is 2.64. The summed E-state index contributed by atoms with van der Waals surface area (Å²) < 4.78 is 51.6. The molecule has 0 bridgehead atoms. The van der Waals surface area contributed by atoms with Crippen molar-refractivity contribution in [2.24, 2.45) is 0 Å². The van der Waals surface area contributed by atoms with Crippen LogP contribution in [0, 0.1) is 6.92 Å². The topological polar surface area (TPSA) is 54.9 Å². The van der Waals surface area contributed by atoms with Crippen molar-refractivity contribution in [3.8, 4) is 0 Å². The molecule has 2 aromatic rings. The van der Waals surface area contributed by atoms with E-state index in [1.54, 1.807) is 6.08 Å². The largest absolute Gasteiger partial charge is 0.451 e. The molecule has 3 rings (SSSR count). The van der Waals surface area contributed by atoms with Gasteiger partial charge in [0.25, 0.3) is 0 Å². The van der Waals surface area contributed by atoms with Crippen molar-refractivity contribution in [1.29, 1.82) is 0 Å². The maximum absolute atomic E-state index is 13.3. The molecule has 1 fully saturated rings. The minimum atomic E-state index is -4.70. The Balaban J connectivity index is 1.60. The number of carbonyl (C=O) groups excluding carboxylic acids is 1. The van der Waals surface area contributed by atoms with E-state index in [9.17, 15) is 22.4 Å². The van der Waals surface area contributed by atoms with Crippen LogP contribution < -0.4 is 5.32 Å². The lowest BCUT2D eigenvalue weighted by Gasteiger charge is -2.32. The van der Waals surface area contributed by atoms with E-state index in [1.165, 1.54) is 19.1 Å². The Bertz CT molecular complexity index is 878. The van der Waals surface area contributed by atoms with Gasteiger partial charge in [-0.1, -0.05) is 30.3 Å². The zero-order valence-corrected chi connectivity index (χ0v) is 15.1. The summed E-state index contributed by atoms with van der Waals surface area (Å²) >= 11 is 0. The van der Waals surface area contributed by atoms with E-state index < -0.39 is 24.0 Å². The normalized spacial score (nSPS) is 19.6. The summed E-state index contributed by atoms with van der Waals surface area (Å²) in [5.41, 5.74) is 1.73. The highest BCUT2D eigenvalue weighted by molar-refractivity contribution is 6.03. The number of rotatable bonds is 6. The Morgan fingerprint density at radius 2 is 1.89 bits per heavy atom. The van der Waals surface area contributed by atoms with Crippen LogP contribution in [0.15, 0.2) is 42.5 Å². The molecular weight excluding hydrogens is 374 g/mol. The first-order valence-corrected chi connectivity index (χ1v) is 8.81. The second-order valence-corrected chi connectivity index (χ2v) is 6.74. The maximum atomic E-state index is 13.3. The fraction of sp³-hybridized carbons (Fsp3) is 0.350. The van der Waals surface area contributed by atoms with Gasteiger partial charge in [0.15, 0.2) is 0 Å².